The number of fused-ring (bicyclic) bond motifs is 1. The van der Waals surface area contributed by atoms with Gasteiger partial charge in [0.15, 0.2) is 5.78 Å². The van der Waals surface area contributed by atoms with Gasteiger partial charge in [-0.2, -0.15) is 0 Å². The van der Waals surface area contributed by atoms with Gasteiger partial charge in [-0.3, -0.25) is 19.5 Å². The second kappa shape index (κ2) is 7.72. The van der Waals surface area contributed by atoms with Gasteiger partial charge in [0.05, 0.1) is 12.3 Å². The van der Waals surface area contributed by atoms with Gasteiger partial charge in [-0.15, -0.1) is 11.3 Å². The van der Waals surface area contributed by atoms with E-state index in [1.807, 2.05) is 44.2 Å². The Morgan fingerprint density at radius 3 is 2.48 bits per heavy atom. The maximum atomic E-state index is 13.2. The van der Waals surface area contributed by atoms with Crippen LogP contribution in [0.3, 0.4) is 0 Å². The minimum Gasteiger partial charge on any atom is -0.294 e. The Labute approximate surface area is 172 Å². The van der Waals surface area contributed by atoms with Gasteiger partial charge in [-0.05, 0) is 43.7 Å². The molecule has 0 N–H and O–H groups in total. The first-order valence-electron chi connectivity index (χ1n) is 9.25. The zero-order valence-corrected chi connectivity index (χ0v) is 16.9. The van der Waals surface area contributed by atoms with Crippen LogP contribution in [0.15, 0.2) is 59.6 Å². The van der Waals surface area contributed by atoms with Crippen LogP contribution in [0.1, 0.15) is 31.9 Å². The fourth-order valence-corrected chi connectivity index (χ4v) is 4.54. The van der Waals surface area contributed by atoms with E-state index in [4.69, 9.17) is 0 Å². The fraction of sp³-hybridized carbons (Fsp3) is 0.174. The number of aliphatic imine (C=N–C) groups is 1. The third kappa shape index (κ3) is 3.63. The van der Waals surface area contributed by atoms with Gasteiger partial charge in [0.2, 0.25) is 5.91 Å². The van der Waals surface area contributed by atoms with Crippen LogP contribution in [0.2, 0.25) is 0 Å². The van der Waals surface area contributed by atoms with Crippen molar-refractivity contribution in [3.63, 3.8) is 0 Å². The summed E-state index contributed by atoms with van der Waals surface area (Å²) in [5, 5.41) is 0.737. The van der Waals surface area contributed by atoms with Crippen LogP contribution in [0.25, 0.3) is 0 Å². The van der Waals surface area contributed by atoms with Crippen LogP contribution in [0.5, 0.6) is 0 Å². The summed E-state index contributed by atoms with van der Waals surface area (Å²) in [5.74, 6) is -0.870. The molecule has 0 aliphatic carbocycles. The van der Waals surface area contributed by atoms with Crippen molar-refractivity contribution in [1.29, 1.82) is 0 Å². The predicted octanol–water partition coefficient (Wildman–Crippen LogP) is 4.57. The highest BCUT2D eigenvalue weighted by Gasteiger charge is 2.30. The van der Waals surface area contributed by atoms with Crippen molar-refractivity contribution in [1.82, 2.24) is 0 Å². The number of carbonyl (C=O) groups excluding carboxylic acids is 2. The minimum atomic E-state index is -0.403. The molecule has 1 amide bonds. The summed E-state index contributed by atoms with van der Waals surface area (Å²) in [7, 11) is 0. The standard InChI is InChI=1S/C23H19FN2O2S/c1-14-15(2)29-23-21(14)22(17-6-4-3-5-7-17)25-12-20(28)26(23)13-19(27)16-8-10-18(24)11-9-16/h3-11H,12-13H2,1-2H3. The number of nitrogens with zero attached hydrogens (tertiary/aromatic N) is 2. The number of ketones is 1. The summed E-state index contributed by atoms with van der Waals surface area (Å²) >= 11 is 1.49. The number of hydrogen-bond donors (Lipinski definition) is 0. The summed E-state index contributed by atoms with van der Waals surface area (Å²) in [6.07, 6.45) is 0. The lowest BCUT2D eigenvalue weighted by atomic mass is 10.00. The normalized spacial score (nSPS) is 13.7. The van der Waals surface area contributed by atoms with Crippen molar-refractivity contribution in [2.45, 2.75) is 13.8 Å². The predicted molar refractivity (Wildman–Crippen MR) is 114 cm³/mol. The largest absolute Gasteiger partial charge is 0.294 e. The fourth-order valence-electron chi connectivity index (χ4n) is 3.36. The van der Waals surface area contributed by atoms with E-state index in [0.717, 1.165) is 32.3 Å². The Bertz CT molecular complexity index is 1120. The lowest BCUT2D eigenvalue weighted by molar-refractivity contribution is -0.117. The average Bonchev–Trinajstić information content (AvgIpc) is 2.94. The lowest BCUT2D eigenvalue weighted by Gasteiger charge is -2.20. The van der Waals surface area contributed by atoms with E-state index in [1.54, 1.807) is 0 Å². The Kier molecular flexibility index (Phi) is 5.11. The van der Waals surface area contributed by atoms with Gasteiger partial charge in [0.1, 0.15) is 17.4 Å². The molecular weight excluding hydrogens is 387 g/mol. The molecule has 0 atom stereocenters. The average molecular weight is 406 g/mol. The molecule has 1 aromatic heterocycles. The van der Waals surface area contributed by atoms with Crippen LogP contribution in [0, 0.1) is 19.7 Å². The third-order valence-corrected chi connectivity index (χ3v) is 6.27. The van der Waals surface area contributed by atoms with Gasteiger partial charge < -0.3 is 0 Å². The first kappa shape index (κ1) is 19.2. The molecule has 1 aliphatic rings. The van der Waals surface area contributed by atoms with Crippen molar-refractivity contribution in [2.75, 3.05) is 18.0 Å². The molecule has 0 fully saturated rings. The van der Waals surface area contributed by atoms with Crippen molar-refractivity contribution in [3.05, 3.63) is 87.5 Å². The number of thiophene rings is 1. The molecule has 0 spiro atoms. The molecule has 0 radical (unpaired) electrons. The summed E-state index contributed by atoms with van der Waals surface area (Å²) in [6, 6.07) is 15.1. The number of aryl methyl sites for hydroxylation is 1. The Morgan fingerprint density at radius 2 is 1.79 bits per heavy atom. The maximum absolute atomic E-state index is 13.2. The van der Waals surface area contributed by atoms with Gasteiger partial charge in [-0.1, -0.05) is 30.3 Å². The molecule has 29 heavy (non-hydrogen) atoms. The SMILES string of the molecule is Cc1sc2c(c1C)C(c1ccccc1)=NCC(=O)N2CC(=O)c1ccc(F)cc1. The molecule has 0 saturated carbocycles. The van der Waals surface area contributed by atoms with Crippen molar-refractivity contribution < 1.29 is 14.0 Å². The number of anilines is 1. The molecule has 3 aromatic rings. The van der Waals surface area contributed by atoms with E-state index in [1.165, 1.54) is 40.5 Å². The molecule has 0 unspecified atom stereocenters. The van der Waals surface area contributed by atoms with Crippen LogP contribution < -0.4 is 4.90 Å². The smallest absolute Gasteiger partial charge is 0.249 e. The number of amides is 1. The highest BCUT2D eigenvalue weighted by Crippen LogP contribution is 2.38. The maximum Gasteiger partial charge on any atom is 0.249 e. The first-order valence-corrected chi connectivity index (χ1v) is 10.1. The van der Waals surface area contributed by atoms with Gasteiger partial charge >= 0.3 is 0 Å². The molecule has 4 rings (SSSR count). The molecule has 146 valence electrons. The molecule has 2 aromatic carbocycles. The quantitative estimate of drug-likeness (QED) is 0.596. The Morgan fingerprint density at radius 1 is 1.10 bits per heavy atom. The van der Waals surface area contributed by atoms with Crippen molar-refractivity contribution in [2.24, 2.45) is 4.99 Å². The number of hydrogen-bond acceptors (Lipinski definition) is 4. The van der Waals surface area contributed by atoms with Crippen LogP contribution in [-0.2, 0) is 4.79 Å². The van der Waals surface area contributed by atoms with Crippen LogP contribution >= 0.6 is 11.3 Å². The number of rotatable bonds is 4. The van der Waals surface area contributed by atoms with Crippen molar-refractivity contribution >= 4 is 33.7 Å². The van der Waals surface area contributed by atoms with Crippen molar-refractivity contribution in [3.8, 4) is 0 Å². The zero-order chi connectivity index (χ0) is 20.5. The summed E-state index contributed by atoms with van der Waals surface area (Å²) in [5.41, 5.74) is 4.04. The molecule has 4 nitrogen and oxygen atoms in total. The second-order valence-electron chi connectivity index (χ2n) is 6.90. The van der Waals surface area contributed by atoms with E-state index in [-0.39, 0.29) is 24.8 Å². The van der Waals surface area contributed by atoms with Gasteiger partial charge in [0, 0.05) is 21.6 Å². The topological polar surface area (TPSA) is 49.7 Å². The number of benzene rings is 2. The van der Waals surface area contributed by atoms with Crippen LogP contribution in [0.4, 0.5) is 9.39 Å². The number of carbonyl (C=O) groups is 2. The monoisotopic (exact) mass is 406 g/mol. The number of halogens is 1. The summed E-state index contributed by atoms with van der Waals surface area (Å²) < 4.78 is 13.2. The van der Waals surface area contributed by atoms with Crippen LogP contribution in [-0.4, -0.2) is 30.5 Å². The van der Waals surface area contributed by atoms with E-state index in [0.29, 0.717) is 5.56 Å². The van der Waals surface area contributed by atoms with E-state index in [9.17, 15) is 14.0 Å². The molecule has 0 bridgehead atoms. The summed E-state index contributed by atoms with van der Waals surface area (Å²) in [4.78, 5) is 32.9. The Balaban J connectivity index is 1.76. The molecular formula is C23H19FN2O2S. The van der Waals surface area contributed by atoms with Gasteiger partial charge in [-0.25, -0.2) is 4.39 Å². The van der Waals surface area contributed by atoms with E-state index in [2.05, 4.69) is 4.99 Å². The minimum absolute atomic E-state index is 0.0270. The molecule has 2 heterocycles. The highest BCUT2D eigenvalue weighted by atomic mass is 32.1. The zero-order valence-electron chi connectivity index (χ0n) is 16.1. The van der Waals surface area contributed by atoms with E-state index < -0.39 is 5.82 Å². The summed E-state index contributed by atoms with van der Waals surface area (Å²) in [6.45, 7) is 3.88. The molecule has 6 heteroatoms. The van der Waals surface area contributed by atoms with Gasteiger partial charge in [0.25, 0.3) is 0 Å². The first-order chi connectivity index (χ1) is 14.0. The third-order valence-electron chi connectivity index (χ3n) is 5.04. The molecule has 0 saturated heterocycles. The lowest BCUT2D eigenvalue weighted by Crippen LogP contribution is -2.36. The van der Waals surface area contributed by atoms with E-state index >= 15 is 0 Å². The second-order valence-corrected chi connectivity index (χ2v) is 8.11. The number of Topliss-reactive ketones (excluding diaryl/α,β-unsaturated/α-hetero) is 1. The molecule has 1 aliphatic heterocycles. The Hall–Kier alpha value is -3.12. The highest BCUT2D eigenvalue weighted by molar-refractivity contribution is 7.17.